The number of aromatic nitrogens is 2. The van der Waals surface area contributed by atoms with Crippen molar-refractivity contribution in [2.75, 3.05) is 13.7 Å². The Bertz CT molecular complexity index is 840. The van der Waals surface area contributed by atoms with Gasteiger partial charge in [-0.2, -0.15) is 10.2 Å². The van der Waals surface area contributed by atoms with Crippen molar-refractivity contribution >= 4 is 5.91 Å². The Morgan fingerprint density at radius 2 is 2.11 bits per heavy atom. The number of carbonyl (C=O) groups is 1. The van der Waals surface area contributed by atoms with Gasteiger partial charge in [0.25, 0.3) is 0 Å². The molecule has 0 unspecified atom stereocenters. The van der Waals surface area contributed by atoms with Crippen LogP contribution in [-0.2, 0) is 15.1 Å². The van der Waals surface area contributed by atoms with Crippen LogP contribution >= 0.6 is 0 Å². The Labute approximate surface area is 159 Å². The Hall–Kier alpha value is -2.34. The first-order valence-corrected chi connectivity index (χ1v) is 9.32. The third-order valence-electron chi connectivity index (χ3n) is 5.52. The molecule has 1 aromatic heterocycles. The summed E-state index contributed by atoms with van der Waals surface area (Å²) < 4.78 is 19.2. The number of halogens is 1. The van der Waals surface area contributed by atoms with Crippen LogP contribution in [0.1, 0.15) is 50.8 Å². The fraction of sp³-hybridized carbons (Fsp3) is 0.476. The van der Waals surface area contributed by atoms with Crippen LogP contribution in [0.5, 0.6) is 0 Å². The molecule has 6 heteroatoms. The number of nitrogens with zero attached hydrogens (tertiary/aromatic N) is 2. The summed E-state index contributed by atoms with van der Waals surface area (Å²) in [6.07, 6.45) is 1.68. The van der Waals surface area contributed by atoms with E-state index in [9.17, 15) is 9.18 Å². The first-order chi connectivity index (χ1) is 12.9. The minimum Gasteiger partial charge on any atom is -0.375 e. The van der Waals surface area contributed by atoms with Crippen LogP contribution in [0.15, 0.2) is 30.3 Å². The molecular weight excluding hydrogens is 345 g/mol. The molecule has 0 saturated heterocycles. The van der Waals surface area contributed by atoms with Gasteiger partial charge in [0.1, 0.15) is 12.4 Å². The van der Waals surface area contributed by atoms with E-state index in [1.807, 2.05) is 6.07 Å². The van der Waals surface area contributed by atoms with Crippen LogP contribution in [0.4, 0.5) is 4.39 Å². The first kappa shape index (κ1) is 19.4. The first-order valence-electron chi connectivity index (χ1n) is 9.32. The second-order valence-corrected chi connectivity index (χ2v) is 7.56. The molecule has 0 bridgehead atoms. The van der Waals surface area contributed by atoms with E-state index in [1.165, 1.54) is 13.2 Å². The molecule has 1 N–H and O–H groups in total. The second kappa shape index (κ2) is 7.72. The third-order valence-corrected chi connectivity index (χ3v) is 5.52. The van der Waals surface area contributed by atoms with Gasteiger partial charge in [-0.15, -0.1) is 0 Å². The van der Waals surface area contributed by atoms with Gasteiger partial charge < -0.3 is 10.1 Å². The maximum Gasteiger partial charge on any atom is 0.246 e. The number of benzene rings is 1. The molecule has 1 aliphatic rings. The highest BCUT2D eigenvalue weighted by molar-refractivity contribution is 5.78. The largest absolute Gasteiger partial charge is 0.375 e. The Morgan fingerprint density at radius 3 is 2.78 bits per heavy atom. The number of carbonyl (C=O) groups excluding carboxylic acids is 1. The highest BCUT2D eigenvalue weighted by Crippen LogP contribution is 2.44. The van der Waals surface area contributed by atoms with E-state index in [0.29, 0.717) is 11.3 Å². The van der Waals surface area contributed by atoms with Crippen molar-refractivity contribution in [3.63, 3.8) is 0 Å². The van der Waals surface area contributed by atoms with E-state index in [1.54, 1.807) is 18.2 Å². The lowest BCUT2D eigenvalue weighted by Gasteiger charge is -2.43. The van der Waals surface area contributed by atoms with E-state index in [-0.39, 0.29) is 30.2 Å². The summed E-state index contributed by atoms with van der Waals surface area (Å²) in [5.74, 6) is -0.115. The zero-order chi connectivity index (χ0) is 19.6. The topological polar surface area (TPSA) is 64.1 Å². The average molecular weight is 371 g/mol. The van der Waals surface area contributed by atoms with Crippen molar-refractivity contribution in [2.24, 2.45) is 5.92 Å². The molecule has 144 valence electrons. The van der Waals surface area contributed by atoms with Crippen molar-refractivity contribution in [1.29, 1.82) is 0 Å². The zero-order valence-electron chi connectivity index (χ0n) is 16.3. The van der Waals surface area contributed by atoms with Crippen LogP contribution in [-0.4, -0.2) is 29.8 Å². The SMILES string of the molecule is COCC(=O)N[C@@]1(C(C)C)CC[C@H](C)c2cc(-c3ccccc3F)nnc21. The van der Waals surface area contributed by atoms with Crippen molar-refractivity contribution in [3.05, 3.63) is 47.4 Å². The average Bonchev–Trinajstić information content (AvgIpc) is 2.64. The number of nitrogens with one attached hydrogen (secondary N) is 1. The molecule has 27 heavy (non-hydrogen) atoms. The molecule has 1 aromatic carbocycles. The standard InChI is InChI=1S/C21H26FN3O2/c1-13(2)21(23-19(26)12-27-4)10-9-14(3)16-11-18(24-25-20(16)21)15-7-5-6-8-17(15)22/h5-8,11,13-14H,9-10,12H2,1-4H3,(H,23,26)/t14-,21+/m0/s1. The quantitative estimate of drug-likeness (QED) is 0.868. The van der Waals surface area contributed by atoms with E-state index < -0.39 is 5.54 Å². The predicted molar refractivity (Wildman–Crippen MR) is 102 cm³/mol. The minimum absolute atomic E-state index is 0.0000949. The van der Waals surface area contributed by atoms with Crippen LogP contribution in [0.2, 0.25) is 0 Å². The fourth-order valence-electron chi connectivity index (χ4n) is 3.89. The van der Waals surface area contributed by atoms with E-state index >= 15 is 0 Å². The van der Waals surface area contributed by atoms with Crippen molar-refractivity contribution < 1.29 is 13.9 Å². The molecule has 2 atom stereocenters. The van der Waals surface area contributed by atoms with Crippen molar-refractivity contribution in [2.45, 2.75) is 45.1 Å². The number of hydrogen-bond acceptors (Lipinski definition) is 4. The molecule has 0 saturated carbocycles. The summed E-state index contributed by atoms with van der Waals surface area (Å²) in [6.45, 7) is 6.27. The highest BCUT2D eigenvalue weighted by Gasteiger charge is 2.44. The number of ether oxygens (including phenoxy) is 1. The molecule has 0 aliphatic heterocycles. The fourth-order valence-corrected chi connectivity index (χ4v) is 3.89. The molecule has 1 aliphatic carbocycles. The Morgan fingerprint density at radius 1 is 1.37 bits per heavy atom. The van der Waals surface area contributed by atoms with Gasteiger partial charge in [0, 0.05) is 12.7 Å². The van der Waals surface area contributed by atoms with Crippen LogP contribution in [0.25, 0.3) is 11.3 Å². The van der Waals surface area contributed by atoms with E-state index in [0.717, 1.165) is 24.1 Å². The third kappa shape index (κ3) is 3.58. The molecule has 0 fully saturated rings. The maximum atomic E-state index is 14.2. The van der Waals surface area contributed by atoms with Crippen LogP contribution < -0.4 is 5.32 Å². The molecule has 2 aromatic rings. The van der Waals surface area contributed by atoms with Gasteiger partial charge in [-0.05, 0) is 48.4 Å². The van der Waals surface area contributed by atoms with Gasteiger partial charge >= 0.3 is 0 Å². The molecule has 0 spiro atoms. The van der Waals surface area contributed by atoms with Crippen LogP contribution in [0.3, 0.4) is 0 Å². The smallest absolute Gasteiger partial charge is 0.246 e. The Kier molecular flexibility index (Phi) is 5.56. The Balaban J connectivity index is 2.09. The summed E-state index contributed by atoms with van der Waals surface area (Å²) in [5, 5.41) is 12.0. The monoisotopic (exact) mass is 371 g/mol. The van der Waals surface area contributed by atoms with E-state index in [4.69, 9.17) is 4.74 Å². The number of methoxy groups -OCH3 is 1. The second-order valence-electron chi connectivity index (χ2n) is 7.56. The summed E-state index contributed by atoms with van der Waals surface area (Å²) in [4.78, 5) is 12.3. The van der Waals surface area contributed by atoms with Gasteiger partial charge in [-0.25, -0.2) is 4.39 Å². The summed E-state index contributed by atoms with van der Waals surface area (Å²) in [5.41, 5.74) is 2.14. The van der Waals surface area contributed by atoms with Crippen molar-refractivity contribution in [1.82, 2.24) is 15.5 Å². The van der Waals surface area contributed by atoms with Crippen molar-refractivity contribution in [3.8, 4) is 11.3 Å². The molecule has 1 heterocycles. The summed E-state index contributed by atoms with van der Waals surface area (Å²) >= 11 is 0. The lowest BCUT2D eigenvalue weighted by molar-refractivity contribution is -0.128. The maximum absolute atomic E-state index is 14.2. The van der Waals surface area contributed by atoms with Gasteiger partial charge in [0.2, 0.25) is 5.91 Å². The summed E-state index contributed by atoms with van der Waals surface area (Å²) in [7, 11) is 1.50. The van der Waals surface area contributed by atoms with Crippen LogP contribution in [0, 0.1) is 11.7 Å². The van der Waals surface area contributed by atoms with E-state index in [2.05, 4.69) is 36.3 Å². The molecule has 3 rings (SSSR count). The minimum atomic E-state index is -0.599. The lowest BCUT2D eigenvalue weighted by atomic mass is 9.69. The van der Waals surface area contributed by atoms with Gasteiger partial charge in [-0.1, -0.05) is 32.9 Å². The van der Waals surface area contributed by atoms with Gasteiger partial charge in [-0.3, -0.25) is 4.79 Å². The zero-order valence-corrected chi connectivity index (χ0v) is 16.3. The molecule has 1 amide bonds. The highest BCUT2D eigenvalue weighted by atomic mass is 19.1. The lowest BCUT2D eigenvalue weighted by Crippen LogP contribution is -2.53. The normalized spacial score (nSPS) is 21.8. The molecular formula is C21H26FN3O2. The molecule has 5 nitrogen and oxygen atoms in total. The number of amides is 1. The molecule has 0 radical (unpaired) electrons. The number of hydrogen-bond donors (Lipinski definition) is 1. The predicted octanol–water partition coefficient (Wildman–Crippen LogP) is 3.79. The van der Waals surface area contributed by atoms with Gasteiger partial charge in [0.05, 0.1) is 16.9 Å². The van der Waals surface area contributed by atoms with Gasteiger partial charge in [0.15, 0.2) is 0 Å². The summed E-state index contributed by atoms with van der Waals surface area (Å²) in [6, 6.07) is 8.48. The number of rotatable bonds is 5. The number of fused-ring (bicyclic) bond motifs is 1.